The van der Waals surface area contributed by atoms with Crippen LogP contribution in [0.1, 0.15) is 46.5 Å². The highest BCUT2D eigenvalue weighted by atomic mass is 15.0. The molecule has 1 aliphatic heterocycles. The van der Waals surface area contributed by atoms with Gasteiger partial charge in [-0.25, -0.2) is 0 Å². The van der Waals surface area contributed by atoms with E-state index in [2.05, 4.69) is 12.2 Å². The van der Waals surface area contributed by atoms with Gasteiger partial charge in [0.15, 0.2) is 0 Å². The molecule has 0 aromatic rings. The second kappa shape index (κ2) is 3.57. The van der Waals surface area contributed by atoms with Crippen molar-refractivity contribution >= 4 is 0 Å². The van der Waals surface area contributed by atoms with Crippen molar-refractivity contribution < 1.29 is 0 Å². The maximum absolute atomic E-state index is 3.51. The Bertz CT molecular complexity index is 116. The van der Waals surface area contributed by atoms with Crippen LogP contribution in [0.3, 0.4) is 0 Å². The summed E-state index contributed by atoms with van der Waals surface area (Å²) in [4.78, 5) is 0. The van der Waals surface area contributed by atoms with Gasteiger partial charge in [-0.3, -0.25) is 0 Å². The predicted molar refractivity (Wildman–Crippen MR) is 49.7 cm³/mol. The third kappa shape index (κ3) is 1.44. The van der Waals surface area contributed by atoms with E-state index in [4.69, 9.17) is 0 Å². The van der Waals surface area contributed by atoms with Crippen molar-refractivity contribution in [2.24, 2.45) is 5.41 Å². The van der Waals surface area contributed by atoms with Crippen LogP contribution in [0, 0.1) is 5.41 Å². The molecule has 1 aliphatic carbocycles. The summed E-state index contributed by atoms with van der Waals surface area (Å²) in [6.07, 6.45) is 5.89. The van der Waals surface area contributed by atoms with Crippen LogP contribution in [0.2, 0.25) is 0 Å². The summed E-state index contributed by atoms with van der Waals surface area (Å²) in [6.45, 7) is 7.60. The summed E-state index contributed by atoms with van der Waals surface area (Å²) in [5.41, 5.74) is 0.764. The lowest BCUT2D eigenvalue weighted by atomic mass is 9.64. The Labute approximate surface area is 70.6 Å². The lowest BCUT2D eigenvalue weighted by Crippen LogP contribution is -2.39. The molecule has 1 saturated carbocycles. The minimum Gasteiger partial charge on any atom is -0.314 e. The summed E-state index contributed by atoms with van der Waals surface area (Å²) in [5, 5.41) is 3.51. The second-order valence-corrected chi connectivity index (χ2v) is 3.64. The van der Waals surface area contributed by atoms with Crippen molar-refractivity contribution in [1.82, 2.24) is 5.32 Å². The van der Waals surface area contributed by atoms with Gasteiger partial charge in [0.05, 0.1) is 0 Å². The minimum absolute atomic E-state index is 0.764. The topological polar surface area (TPSA) is 12.0 Å². The molecule has 1 spiro atoms. The van der Waals surface area contributed by atoms with Crippen LogP contribution < -0.4 is 5.32 Å². The van der Waals surface area contributed by atoms with Crippen molar-refractivity contribution in [1.29, 1.82) is 0 Å². The predicted octanol–water partition coefficient (Wildman–Crippen LogP) is 2.56. The van der Waals surface area contributed by atoms with E-state index in [1.54, 1.807) is 0 Å². The second-order valence-electron chi connectivity index (χ2n) is 3.64. The van der Waals surface area contributed by atoms with E-state index in [0.29, 0.717) is 0 Å². The van der Waals surface area contributed by atoms with Crippen LogP contribution in [0.4, 0.5) is 0 Å². The highest BCUT2D eigenvalue weighted by molar-refractivity contribution is 4.99. The Kier molecular flexibility index (Phi) is 2.94. The number of rotatable bonds is 0. The summed E-state index contributed by atoms with van der Waals surface area (Å²) in [7, 11) is 0. The molecule has 1 atom stereocenters. The first kappa shape index (κ1) is 9.05. The summed E-state index contributed by atoms with van der Waals surface area (Å²) < 4.78 is 0. The fourth-order valence-corrected chi connectivity index (χ4v) is 2.28. The molecule has 0 aromatic carbocycles. The third-order valence-corrected chi connectivity index (χ3v) is 3.34. The molecule has 1 N–H and O–H groups in total. The normalized spacial score (nSPS) is 32.5. The molecule has 0 radical (unpaired) electrons. The zero-order valence-corrected chi connectivity index (χ0v) is 8.11. The number of hydrogen-bond acceptors (Lipinski definition) is 1. The number of nitrogens with one attached hydrogen (secondary N) is 1. The van der Waals surface area contributed by atoms with Crippen LogP contribution in [0.15, 0.2) is 0 Å². The fraction of sp³-hybridized carbons (Fsp3) is 1.00. The molecule has 2 rings (SSSR count). The van der Waals surface area contributed by atoms with E-state index in [0.717, 1.165) is 11.5 Å². The molecule has 1 heterocycles. The molecule has 11 heavy (non-hydrogen) atoms. The Morgan fingerprint density at radius 3 is 2.00 bits per heavy atom. The third-order valence-electron chi connectivity index (χ3n) is 3.34. The van der Waals surface area contributed by atoms with Crippen LogP contribution in [-0.2, 0) is 0 Å². The van der Waals surface area contributed by atoms with Crippen molar-refractivity contribution in [3.8, 4) is 0 Å². The molecule has 1 heteroatoms. The molecule has 2 aliphatic rings. The van der Waals surface area contributed by atoms with Gasteiger partial charge in [-0.05, 0) is 38.1 Å². The zero-order chi connectivity index (χ0) is 8.32. The Morgan fingerprint density at radius 2 is 1.82 bits per heavy atom. The highest BCUT2D eigenvalue weighted by Crippen LogP contribution is 2.48. The van der Waals surface area contributed by atoms with E-state index in [1.807, 2.05) is 13.8 Å². The van der Waals surface area contributed by atoms with Crippen molar-refractivity contribution in [2.45, 2.75) is 52.5 Å². The average Bonchev–Trinajstić information content (AvgIpc) is 2.34. The maximum atomic E-state index is 3.51. The molecule has 2 fully saturated rings. The molecular weight excluding hydrogens is 134 g/mol. The van der Waals surface area contributed by atoms with E-state index in [1.165, 1.54) is 32.2 Å². The van der Waals surface area contributed by atoms with Gasteiger partial charge in [0.25, 0.3) is 0 Å². The van der Waals surface area contributed by atoms with Gasteiger partial charge in [-0.15, -0.1) is 0 Å². The molecule has 0 bridgehead atoms. The monoisotopic (exact) mass is 155 g/mol. The maximum Gasteiger partial charge on any atom is 0.00956 e. The quantitative estimate of drug-likeness (QED) is 0.567. The van der Waals surface area contributed by atoms with Crippen LogP contribution >= 0.6 is 0 Å². The van der Waals surface area contributed by atoms with Gasteiger partial charge >= 0.3 is 0 Å². The smallest absolute Gasteiger partial charge is 0.00956 e. The fourth-order valence-electron chi connectivity index (χ4n) is 2.28. The molecule has 0 amide bonds. The Hall–Kier alpha value is -0.0400. The largest absolute Gasteiger partial charge is 0.314 e. The molecule has 1 nitrogen and oxygen atoms in total. The van der Waals surface area contributed by atoms with Gasteiger partial charge in [0.2, 0.25) is 0 Å². The molecule has 0 aromatic heterocycles. The van der Waals surface area contributed by atoms with Crippen LogP contribution in [-0.4, -0.2) is 12.6 Å². The van der Waals surface area contributed by atoms with E-state index >= 15 is 0 Å². The summed E-state index contributed by atoms with van der Waals surface area (Å²) in [5.74, 6) is 0. The van der Waals surface area contributed by atoms with Gasteiger partial charge in [-0.1, -0.05) is 20.3 Å². The number of hydrogen-bond donors (Lipinski definition) is 1. The van der Waals surface area contributed by atoms with Crippen molar-refractivity contribution in [3.63, 3.8) is 0 Å². The molecule has 1 unspecified atom stereocenters. The first-order chi connectivity index (χ1) is 5.33. The standard InChI is InChI=1S/C8H15N.C2H6/c1-7-8(3-2-4-8)5-6-9-7;1-2/h7,9H,2-6H2,1H3;1-2H3. The Balaban J connectivity index is 0.000000281. The first-order valence-corrected chi connectivity index (χ1v) is 5.07. The van der Waals surface area contributed by atoms with Gasteiger partial charge in [0.1, 0.15) is 0 Å². The molecular formula is C10H21N. The van der Waals surface area contributed by atoms with Crippen LogP contribution in [0.5, 0.6) is 0 Å². The summed E-state index contributed by atoms with van der Waals surface area (Å²) >= 11 is 0. The van der Waals surface area contributed by atoms with E-state index in [9.17, 15) is 0 Å². The van der Waals surface area contributed by atoms with Gasteiger partial charge in [-0.2, -0.15) is 0 Å². The zero-order valence-electron chi connectivity index (χ0n) is 8.11. The van der Waals surface area contributed by atoms with E-state index in [-0.39, 0.29) is 0 Å². The van der Waals surface area contributed by atoms with Gasteiger partial charge in [0, 0.05) is 6.04 Å². The average molecular weight is 155 g/mol. The molecule has 66 valence electrons. The van der Waals surface area contributed by atoms with E-state index < -0.39 is 0 Å². The SMILES string of the molecule is CC.CC1NCCC12CCC2. The van der Waals surface area contributed by atoms with Gasteiger partial charge < -0.3 is 5.32 Å². The summed E-state index contributed by atoms with van der Waals surface area (Å²) in [6, 6.07) is 0.811. The highest BCUT2D eigenvalue weighted by Gasteiger charge is 2.44. The lowest BCUT2D eigenvalue weighted by molar-refractivity contribution is 0.121. The van der Waals surface area contributed by atoms with Crippen LogP contribution in [0.25, 0.3) is 0 Å². The molecule has 1 saturated heterocycles. The lowest BCUT2D eigenvalue weighted by Gasteiger charge is -2.41. The van der Waals surface area contributed by atoms with Crippen molar-refractivity contribution in [2.75, 3.05) is 6.54 Å². The van der Waals surface area contributed by atoms with Crippen molar-refractivity contribution in [3.05, 3.63) is 0 Å². The first-order valence-electron chi connectivity index (χ1n) is 5.07. The Morgan fingerprint density at radius 1 is 1.18 bits per heavy atom. The minimum atomic E-state index is 0.764.